The highest BCUT2D eigenvalue weighted by Crippen LogP contribution is 2.33. The van der Waals surface area contributed by atoms with Gasteiger partial charge in [-0.2, -0.15) is 13.2 Å². The van der Waals surface area contributed by atoms with Crippen molar-refractivity contribution in [1.29, 1.82) is 0 Å². The zero-order valence-electron chi connectivity index (χ0n) is 16.4. The van der Waals surface area contributed by atoms with Gasteiger partial charge in [-0.3, -0.25) is 15.0 Å². The molecule has 3 amide bonds. The molecule has 1 fully saturated rings. The van der Waals surface area contributed by atoms with Gasteiger partial charge in [-0.05, 0) is 24.6 Å². The van der Waals surface area contributed by atoms with Gasteiger partial charge in [0.25, 0.3) is 0 Å². The van der Waals surface area contributed by atoms with Crippen LogP contribution in [0.15, 0.2) is 48.1 Å². The van der Waals surface area contributed by atoms with E-state index in [1.165, 1.54) is 0 Å². The van der Waals surface area contributed by atoms with Crippen LogP contribution in [-0.4, -0.2) is 70.7 Å². The minimum atomic E-state index is -4.60. The Labute approximate surface area is 176 Å². The largest absolute Gasteiger partial charge is 0.405 e. The minimum absolute atomic E-state index is 0.108. The summed E-state index contributed by atoms with van der Waals surface area (Å²) in [6.45, 7) is 0.664. The van der Waals surface area contributed by atoms with Gasteiger partial charge in [0.1, 0.15) is 23.7 Å². The third-order valence-electron chi connectivity index (χ3n) is 5.41. The quantitative estimate of drug-likeness (QED) is 0.552. The van der Waals surface area contributed by atoms with E-state index in [0.29, 0.717) is 18.2 Å². The van der Waals surface area contributed by atoms with Crippen molar-refractivity contribution in [1.82, 2.24) is 25.4 Å². The maximum Gasteiger partial charge on any atom is 0.405 e. The van der Waals surface area contributed by atoms with E-state index in [-0.39, 0.29) is 6.04 Å². The van der Waals surface area contributed by atoms with Gasteiger partial charge in [0.2, 0.25) is 5.91 Å². The molecule has 12 heteroatoms. The van der Waals surface area contributed by atoms with Crippen molar-refractivity contribution >= 4 is 17.8 Å². The van der Waals surface area contributed by atoms with Crippen LogP contribution >= 0.6 is 0 Å². The molecule has 4 rings (SSSR count). The Morgan fingerprint density at radius 1 is 1.35 bits per heavy atom. The lowest BCUT2D eigenvalue weighted by Crippen LogP contribution is -2.57. The zero-order valence-corrected chi connectivity index (χ0v) is 16.4. The van der Waals surface area contributed by atoms with Crippen molar-refractivity contribution in [3.05, 3.63) is 48.1 Å². The van der Waals surface area contributed by atoms with E-state index in [9.17, 15) is 22.8 Å². The number of amides is 3. The first kappa shape index (κ1) is 21.0. The molecule has 2 unspecified atom stereocenters. The highest BCUT2D eigenvalue weighted by Gasteiger charge is 2.43. The molecular weight excluding hydrogens is 415 g/mol. The van der Waals surface area contributed by atoms with Crippen LogP contribution in [0.5, 0.6) is 0 Å². The monoisotopic (exact) mass is 437 g/mol. The molecule has 2 bridgehead atoms. The summed E-state index contributed by atoms with van der Waals surface area (Å²) >= 11 is 0. The third-order valence-corrected chi connectivity index (χ3v) is 5.41. The van der Waals surface area contributed by atoms with Crippen molar-refractivity contribution in [3.8, 4) is 0 Å². The number of carbonyl (C=O) groups excluding carboxylic acids is 2. The summed E-state index contributed by atoms with van der Waals surface area (Å²) in [5, 5.41) is 7.96. The first-order valence-electron chi connectivity index (χ1n) is 9.79. The topological polar surface area (TPSA) is 116 Å². The number of carbonyl (C=O) groups is 2. The summed E-state index contributed by atoms with van der Waals surface area (Å²) in [4.78, 5) is 33.2. The fourth-order valence-electron chi connectivity index (χ4n) is 3.80. The van der Waals surface area contributed by atoms with Crippen molar-refractivity contribution < 1.29 is 22.8 Å². The van der Waals surface area contributed by atoms with Crippen LogP contribution in [0.2, 0.25) is 0 Å². The summed E-state index contributed by atoms with van der Waals surface area (Å²) in [6.07, 6.45) is 0.967. The highest BCUT2D eigenvalue weighted by molar-refractivity contribution is 5.91. The summed E-state index contributed by atoms with van der Waals surface area (Å²) in [5.41, 5.74) is 5.80. The maximum atomic E-state index is 13.0. The molecule has 9 nitrogen and oxygen atoms in total. The Morgan fingerprint density at radius 3 is 2.87 bits per heavy atom. The average molecular weight is 437 g/mol. The minimum Gasteiger partial charge on any atom is -0.366 e. The summed E-state index contributed by atoms with van der Waals surface area (Å²) < 4.78 is 37.8. The van der Waals surface area contributed by atoms with Gasteiger partial charge >= 0.3 is 12.2 Å². The number of nitrogens with zero attached hydrogens (tertiary/aromatic N) is 3. The number of fused-ring (bicyclic) bond motifs is 3. The third kappa shape index (κ3) is 4.29. The number of alkyl halides is 3. The van der Waals surface area contributed by atoms with E-state index in [1.807, 2.05) is 0 Å². The van der Waals surface area contributed by atoms with Gasteiger partial charge in [0.05, 0.1) is 11.7 Å². The van der Waals surface area contributed by atoms with E-state index in [4.69, 9.17) is 5.73 Å². The van der Waals surface area contributed by atoms with Gasteiger partial charge in [-0.15, -0.1) is 0 Å². The standard InChI is InChI=1S/C19H22F3N7O2/c20-19(21,22)14(23)9-25-17(30)12-4-5-13-16(26-12)29(11-6-8-28(13)10-11)18(31)27-15-3-1-2-7-24-15/h1-5,7,11-12,14,26H,6,8-10,23H2,(H,25,30)(H,24,27,31)/t11-,12?,14?/m0/s1. The van der Waals surface area contributed by atoms with Crippen LogP contribution in [0.4, 0.5) is 23.8 Å². The second-order valence-corrected chi connectivity index (χ2v) is 7.51. The van der Waals surface area contributed by atoms with Crippen LogP contribution < -0.4 is 21.7 Å². The zero-order chi connectivity index (χ0) is 22.2. The maximum absolute atomic E-state index is 13.0. The second kappa shape index (κ2) is 8.10. The predicted molar refractivity (Wildman–Crippen MR) is 105 cm³/mol. The van der Waals surface area contributed by atoms with Crippen molar-refractivity contribution in [2.75, 3.05) is 25.0 Å². The van der Waals surface area contributed by atoms with E-state index >= 15 is 0 Å². The predicted octanol–water partition coefficient (Wildman–Crippen LogP) is 0.706. The molecule has 0 aromatic carbocycles. The molecule has 3 aliphatic rings. The highest BCUT2D eigenvalue weighted by atomic mass is 19.4. The molecule has 0 radical (unpaired) electrons. The number of dihydropyridines is 1. The lowest BCUT2D eigenvalue weighted by Gasteiger charge is -2.40. The Kier molecular flexibility index (Phi) is 5.48. The Bertz CT molecular complexity index is 919. The van der Waals surface area contributed by atoms with Crippen LogP contribution in [0.1, 0.15) is 6.42 Å². The number of hydrogen-bond donors (Lipinski definition) is 4. The molecule has 31 heavy (non-hydrogen) atoms. The molecule has 166 valence electrons. The number of urea groups is 1. The van der Waals surface area contributed by atoms with E-state index in [1.54, 1.807) is 41.4 Å². The first-order valence-corrected chi connectivity index (χ1v) is 9.79. The van der Waals surface area contributed by atoms with E-state index in [0.717, 1.165) is 18.7 Å². The van der Waals surface area contributed by atoms with E-state index < -0.39 is 36.7 Å². The number of rotatable bonds is 4. The average Bonchev–Trinajstić information content (AvgIpc) is 3.15. The van der Waals surface area contributed by atoms with Gasteiger partial charge in [0, 0.05) is 25.8 Å². The summed E-state index contributed by atoms with van der Waals surface area (Å²) in [7, 11) is 0. The van der Waals surface area contributed by atoms with Crippen molar-refractivity contribution in [3.63, 3.8) is 0 Å². The van der Waals surface area contributed by atoms with Crippen molar-refractivity contribution in [2.45, 2.75) is 30.7 Å². The number of pyridine rings is 1. The fourth-order valence-corrected chi connectivity index (χ4v) is 3.80. The van der Waals surface area contributed by atoms with E-state index in [2.05, 4.69) is 25.8 Å². The Morgan fingerprint density at radius 2 is 2.16 bits per heavy atom. The lowest BCUT2D eigenvalue weighted by molar-refractivity contribution is -0.147. The lowest BCUT2D eigenvalue weighted by atomic mass is 10.1. The smallest absolute Gasteiger partial charge is 0.366 e. The van der Waals surface area contributed by atoms with Gasteiger partial charge in [-0.25, -0.2) is 9.78 Å². The summed E-state index contributed by atoms with van der Waals surface area (Å²) in [5.74, 6) is 0.155. The molecule has 0 aliphatic carbocycles. The van der Waals surface area contributed by atoms with Gasteiger partial charge < -0.3 is 21.3 Å². The molecule has 0 saturated carbocycles. The number of aromatic nitrogens is 1. The normalized spacial score (nSPS) is 23.2. The van der Waals surface area contributed by atoms with Crippen LogP contribution in [-0.2, 0) is 4.79 Å². The molecule has 3 aliphatic heterocycles. The van der Waals surface area contributed by atoms with Crippen LogP contribution in [0.25, 0.3) is 0 Å². The molecule has 4 heterocycles. The number of allylic oxidation sites excluding steroid dienone is 1. The molecule has 0 spiro atoms. The molecular formula is C19H22F3N7O2. The summed E-state index contributed by atoms with van der Waals surface area (Å²) in [6, 6.07) is 1.52. The fraction of sp³-hybridized carbons (Fsp3) is 0.421. The molecule has 1 saturated heterocycles. The second-order valence-electron chi connectivity index (χ2n) is 7.51. The number of nitrogens with one attached hydrogen (secondary N) is 3. The first-order chi connectivity index (χ1) is 14.7. The SMILES string of the molecule is NC(CNC(=O)C1C=CC2=C(N1)N(C(=O)Nc1ccccn1)[C@H]1CCN2C1)C(F)(F)F. The molecule has 1 aromatic rings. The van der Waals surface area contributed by atoms with Crippen LogP contribution in [0, 0.1) is 0 Å². The molecule has 5 N–H and O–H groups in total. The van der Waals surface area contributed by atoms with Gasteiger partial charge in [-0.1, -0.05) is 12.1 Å². The number of anilines is 1. The Balaban J connectivity index is 1.48. The van der Waals surface area contributed by atoms with Gasteiger partial charge in [0.15, 0.2) is 0 Å². The molecule has 3 atom stereocenters. The van der Waals surface area contributed by atoms with Crippen molar-refractivity contribution in [2.24, 2.45) is 5.73 Å². The number of halogens is 3. The Hall–Kier alpha value is -3.28. The number of hydrogen-bond acceptors (Lipinski definition) is 6. The van der Waals surface area contributed by atoms with Crippen LogP contribution in [0.3, 0.4) is 0 Å². The molecule has 1 aromatic heterocycles. The number of nitrogens with two attached hydrogens (primary N) is 1.